The minimum absolute atomic E-state index is 0.0817. The molecule has 1 N–H and O–H groups in total. The van der Waals surface area contributed by atoms with Gasteiger partial charge >= 0.3 is 0 Å². The van der Waals surface area contributed by atoms with Crippen LogP contribution in [0.15, 0.2) is 42.6 Å². The zero-order valence-corrected chi connectivity index (χ0v) is 13.4. The second kappa shape index (κ2) is 5.85. The van der Waals surface area contributed by atoms with Gasteiger partial charge in [0, 0.05) is 28.4 Å². The lowest BCUT2D eigenvalue weighted by atomic mass is 10.1. The van der Waals surface area contributed by atoms with Crippen molar-refractivity contribution in [1.29, 1.82) is 0 Å². The predicted octanol–water partition coefficient (Wildman–Crippen LogP) is 5.16. The summed E-state index contributed by atoms with van der Waals surface area (Å²) in [6.07, 6.45) is 1.64. The van der Waals surface area contributed by atoms with Crippen LogP contribution in [0.5, 0.6) is 0 Å². The Morgan fingerprint density at radius 1 is 1.17 bits per heavy atom. The molecule has 1 heterocycles. The van der Waals surface area contributed by atoms with Crippen molar-refractivity contribution < 1.29 is 4.92 Å². The molecule has 2 aromatic carbocycles. The van der Waals surface area contributed by atoms with Crippen LogP contribution < -0.4 is 5.32 Å². The lowest BCUT2D eigenvalue weighted by Gasteiger charge is -2.12. The topological polar surface area (TPSA) is 68.1 Å². The largest absolute Gasteiger partial charge is 0.339 e. The molecule has 0 saturated carbocycles. The molecule has 23 heavy (non-hydrogen) atoms. The maximum absolute atomic E-state index is 11.3. The first-order valence-electron chi connectivity index (χ1n) is 7.03. The molecule has 3 rings (SSSR count). The summed E-state index contributed by atoms with van der Waals surface area (Å²) in [5.74, 6) is 0.583. The molecule has 5 nitrogen and oxygen atoms in total. The second-order valence-corrected chi connectivity index (χ2v) is 5.77. The highest BCUT2D eigenvalue weighted by Crippen LogP contribution is 2.33. The fourth-order valence-corrected chi connectivity index (χ4v) is 2.82. The number of aryl methyl sites for hydroxylation is 2. The Hall–Kier alpha value is -2.66. The van der Waals surface area contributed by atoms with Gasteiger partial charge in [-0.25, -0.2) is 4.98 Å². The molecule has 0 spiro atoms. The molecule has 3 aromatic rings. The number of hydrogen-bond acceptors (Lipinski definition) is 4. The summed E-state index contributed by atoms with van der Waals surface area (Å²) in [7, 11) is 0. The van der Waals surface area contributed by atoms with Crippen molar-refractivity contribution in [2.24, 2.45) is 0 Å². The predicted molar refractivity (Wildman–Crippen MR) is 92.6 cm³/mol. The fraction of sp³-hybridized carbons (Fsp3) is 0.118. The first-order chi connectivity index (χ1) is 11.0. The minimum atomic E-state index is -0.368. The van der Waals surface area contributed by atoms with Gasteiger partial charge in [0.1, 0.15) is 5.82 Å². The lowest BCUT2D eigenvalue weighted by molar-refractivity contribution is -0.383. The number of nitro benzene ring substituents is 1. The molecular weight excluding hydrogens is 314 g/mol. The number of rotatable bonds is 3. The van der Waals surface area contributed by atoms with Crippen LogP contribution in [-0.4, -0.2) is 9.91 Å². The van der Waals surface area contributed by atoms with E-state index in [0.29, 0.717) is 21.6 Å². The summed E-state index contributed by atoms with van der Waals surface area (Å²) < 4.78 is 0. The Balaban J connectivity index is 2.17. The number of anilines is 2. The maximum atomic E-state index is 11.3. The molecule has 0 unspecified atom stereocenters. The SMILES string of the molecule is Cc1cc(Cl)ccc1Nc1ncc(C)c2c([N+](=O)[O-])cccc12. The smallest absolute Gasteiger partial charge is 0.277 e. The van der Waals surface area contributed by atoms with Crippen molar-refractivity contribution >= 4 is 39.6 Å². The molecule has 0 bridgehead atoms. The molecule has 0 aliphatic heterocycles. The van der Waals surface area contributed by atoms with E-state index in [-0.39, 0.29) is 10.6 Å². The summed E-state index contributed by atoms with van der Waals surface area (Å²) in [6, 6.07) is 10.5. The van der Waals surface area contributed by atoms with Gasteiger partial charge in [-0.05, 0) is 43.2 Å². The van der Waals surface area contributed by atoms with Crippen LogP contribution in [0.4, 0.5) is 17.2 Å². The normalized spacial score (nSPS) is 10.7. The molecule has 6 heteroatoms. The quantitative estimate of drug-likeness (QED) is 0.533. The average molecular weight is 328 g/mol. The first-order valence-corrected chi connectivity index (χ1v) is 7.41. The number of hydrogen-bond donors (Lipinski definition) is 1. The summed E-state index contributed by atoms with van der Waals surface area (Å²) in [4.78, 5) is 15.3. The highest BCUT2D eigenvalue weighted by atomic mass is 35.5. The Bertz CT molecular complexity index is 925. The highest BCUT2D eigenvalue weighted by Gasteiger charge is 2.16. The summed E-state index contributed by atoms with van der Waals surface area (Å²) in [5.41, 5.74) is 2.68. The third-order valence-corrected chi connectivity index (χ3v) is 3.95. The number of non-ortho nitro benzene ring substituents is 1. The van der Waals surface area contributed by atoms with Crippen LogP contribution >= 0.6 is 11.6 Å². The molecule has 0 fully saturated rings. The number of nitrogens with one attached hydrogen (secondary N) is 1. The molecule has 1 aromatic heterocycles. The van der Waals surface area contributed by atoms with E-state index in [9.17, 15) is 10.1 Å². The van der Waals surface area contributed by atoms with E-state index in [0.717, 1.165) is 16.8 Å². The summed E-state index contributed by atoms with van der Waals surface area (Å²) in [6.45, 7) is 3.76. The summed E-state index contributed by atoms with van der Waals surface area (Å²) >= 11 is 5.97. The van der Waals surface area contributed by atoms with Crippen LogP contribution in [0, 0.1) is 24.0 Å². The van der Waals surface area contributed by atoms with Gasteiger partial charge in [0.2, 0.25) is 0 Å². The van der Waals surface area contributed by atoms with Crippen LogP contribution in [0.2, 0.25) is 5.02 Å². The number of benzene rings is 2. The van der Waals surface area contributed by atoms with Gasteiger partial charge in [-0.15, -0.1) is 0 Å². The molecule has 0 aliphatic carbocycles. The van der Waals surface area contributed by atoms with E-state index in [2.05, 4.69) is 10.3 Å². The van der Waals surface area contributed by atoms with E-state index in [1.165, 1.54) is 6.07 Å². The maximum Gasteiger partial charge on any atom is 0.277 e. The van der Waals surface area contributed by atoms with Gasteiger partial charge in [-0.3, -0.25) is 10.1 Å². The molecule has 0 atom stereocenters. The highest BCUT2D eigenvalue weighted by molar-refractivity contribution is 6.30. The van der Waals surface area contributed by atoms with E-state index in [1.807, 2.05) is 32.0 Å². The Kier molecular flexibility index (Phi) is 3.88. The van der Waals surface area contributed by atoms with Gasteiger partial charge in [-0.2, -0.15) is 0 Å². The van der Waals surface area contributed by atoms with Gasteiger partial charge in [0.25, 0.3) is 5.69 Å². The van der Waals surface area contributed by atoms with E-state index in [4.69, 9.17) is 11.6 Å². The average Bonchev–Trinajstić information content (AvgIpc) is 2.52. The van der Waals surface area contributed by atoms with Crippen molar-refractivity contribution in [2.45, 2.75) is 13.8 Å². The molecule has 116 valence electrons. The third kappa shape index (κ3) is 2.83. The molecule has 0 radical (unpaired) electrons. The second-order valence-electron chi connectivity index (χ2n) is 5.33. The first kappa shape index (κ1) is 15.2. The molecule has 0 saturated heterocycles. The molecular formula is C17H14ClN3O2. The fourth-order valence-electron chi connectivity index (χ4n) is 2.59. The Labute approximate surface area is 138 Å². The number of halogens is 1. The number of nitro groups is 1. The van der Waals surface area contributed by atoms with E-state index >= 15 is 0 Å². The number of pyridine rings is 1. The van der Waals surface area contributed by atoms with Crippen LogP contribution in [-0.2, 0) is 0 Å². The molecule has 0 aliphatic rings. The van der Waals surface area contributed by atoms with Crippen molar-refractivity contribution in [3.8, 4) is 0 Å². The van der Waals surface area contributed by atoms with Gasteiger partial charge < -0.3 is 5.32 Å². The monoisotopic (exact) mass is 327 g/mol. The van der Waals surface area contributed by atoms with E-state index < -0.39 is 0 Å². The van der Waals surface area contributed by atoms with Crippen molar-refractivity contribution in [1.82, 2.24) is 4.98 Å². The van der Waals surface area contributed by atoms with Crippen molar-refractivity contribution in [3.05, 3.63) is 68.9 Å². The lowest BCUT2D eigenvalue weighted by Crippen LogP contribution is -1.99. The summed E-state index contributed by atoms with van der Waals surface area (Å²) in [5, 5.41) is 16.5. The van der Waals surface area contributed by atoms with Gasteiger partial charge in [-0.1, -0.05) is 23.7 Å². The van der Waals surface area contributed by atoms with Crippen molar-refractivity contribution in [3.63, 3.8) is 0 Å². The number of fused-ring (bicyclic) bond motifs is 1. The van der Waals surface area contributed by atoms with Crippen molar-refractivity contribution in [2.75, 3.05) is 5.32 Å². The Morgan fingerprint density at radius 2 is 1.96 bits per heavy atom. The van der Waals surface area contributed by atoms with Gasteiger partial charge in [0.05, 0.1) is 10.3 Å². The Morgan fingerprint density at radius 3 is 2.65 bits per heavy atom. The van der Waals surface area contributed by atoms with Crippen LogP contribution in [0.3, 0.4) is 0 Å². The zero-order chi connectivity index (χ0) is 16.6. The molecule has 0 amide bonds. The van der Waals surface area contributed by atoms with E-state index in [1.54, 1.807) is 18.3 Å². The standard InChI is InChI=1S/C17H14ClN3O2/c1-10-8-12(18)6-7-14(10)20-17-13-4-3-5-15(21(22)23)16(13)11(2)9-19-17/h3-9H,1-2H3,(H,19,20). The minimum Gasteiger partial charge on any atom is -0.339 e. The van der Waals surface area contributed by atoms with Crippen LogP contribution in [0.1, 0.15) is 11.1 Å². The van der Waals surface area contributed by atoms with Gasteiger partial charge in [0.15, 0.2) is 0 Å². The third-order valence-electron chi connectivity index (χ3n) is 3.72. The van der Waals surface area contributed by atoms with Crippen LogP contribution in [0.25, 0.3) is 10.8 Å². The number of aromatic nitrogens is 1. The number of nitrogens with zero attached hydrogens (tertiary/aromatic N) is 2. The zero-order valence-electron chi connectivity index (χ0n) is 12.6.